The van der Waals surface area contributed by atoms with Gasteiger partial charge in [-0.3, -0.25) is 15.2 Å². The Kier molecular flexibility index (Phi) is 4.39. The van der Waals surface area contributed by atoms with Gasteiger partial charge < -0.3 is 4.74 Å². The number of carbonyl (C=O) groups excluding carboxylic acids is 1. The van der Waals surface area contributed by atoms with E-state index in [1.165, 1.54) is 0 Å². The Morgan fingerprint density at radius 2 is 2.07 bits per heavy atom. The molecule has 140 valence electrons. The van der Waals surface area contributed by atoms with E-state index >= 15 is 0 Å². The summed E-state index contributed by atoms with van der Waals surface area (Å²) >= 11 is 0. The van der Waals surface area contributed by atoms with Crippen LogP contribution >= 0.6 is 0 Å². The van der Waals surface area contributed by atoms with Gasteiger partial charge in [0.05, 0.1) is 24.2 Å². The van der Waals surface area contributed by atoms with E-state index in [2.05, 4.69) is 29.4 Å². The number of aldehydes is 1. The number of pyridine rings is 1. The Bertz CT molecular complexity index is 1130. The fourth-order valence-electron chi connectivity index (χ4n) is 3.49. The van der Waals surface area contributed by atoms with E-state index in [1.807, 2.05) is 48.7 Å². The highest BCUT2D eigenvalue weighted by molar-refractivity contribution is 6.64. The summed E-state index contributed by atoms with van der Waals surface area (Å²) in [6.07, 6.45) is 4.31. The van der Waals surface area contributed by atoms with E-state index in [4.69, 9.17) is 9.73 Å². The molecular weight excluding hydrogens is 352 g/mol. The number of fused-ring (bicyclic) bond motifs is 3. The van der Waals surface area contributed by atoms with Gasteiger partial charge in [-0.05, 0) is 37.6 Å². The topological polar surface area (TPSA) is 75.9 Å². The minimum Gasteiger partial charge on any atom is -0.497 e. The van der Waals surface area contributed by atoms with Crippen molar-refractivity contribution in [3.63, 3.8) is 0 Å². The highest BCUT2D eigenvalue weighted by Crippen LogP contribution is 2.44. The van der Waals surface area contributed by atoms with Crippen molar-refractivity contribution < 1.29 is 9.53 Å². The lowest BCUT2D eigenvalue weighted by Crippen LogP contribution is -2.33. The van der Waals surface area contributed by atoms with Crippen LogP contribution in [0.1, 0.15) is 19.4 Å². The first-order valence-electron chi connectivity index (χ1n) is 8.94. The lowest BCUT2D eigenvalue weighted by atomic mass is 9.79. The fourth-order valence-corrected chi connectivity index (χ4v) is 3.49. The van der Waals surface area contributed by atoms with Crippen LogP contribution in [0.5, 0.6) is 5.75 Å². The highest BCUT2D eigenvalue weighted by Gasteiger charge is 2.38. The summed E-state index contributed by atoms with van der Waals surface area (Å²) in [5.74, 6) is 0.707. The first-order chi connectivity index (χ1) is 13.5. The Labute approximate surface area is 163 Å². The minimum absolute atomic E-state index is 0.270. The molecule has 1 aromatic heterocycles. The third-order valence-corrected chi connectivity index (χ3v) is 5.01. The van der Waals surface area contributed by atoms with Gasteiger partial charge in [0, 0.05) is 34.6 Å². The van der Waals surface area contributed by atoms with Crippen LogP contribution in [0.4, 0.5) is 11.4 Å². The number of rotatable bonds is 5. The molecule has 0 saturated carbocycles. The molecular formula is C22H20N4O2. The smallest absolute Gasteiger partial charge is 0.172 e. The number of hydrogen-bond donors (Lipinski definition) is 1. The van der Waals surface area contributed by atoms with E-state index in [0.29, 0.717) is 11.5 Å². The number of nitrogens with zero attached hydrogens (tertiary/aromatic N) is 3. The Hall–Kier alpha value is -3.54. The second-order valence-corrected chi connectivity index (χ2v) is 7.10. The van der Waals surface area contributed by atoms with Crippen LogP contribution in [0.2, 0.25) is 0 Å². The molecule has 6 nitrogen and oxygen atoms in total. The molecule has 0 atom stereocenters. The molecule has 0 spiro atoms. The third kappa shape index (κ3) is 2.93. The van der Waals surface area contributed by atoms with Crippen molar-refractivity contribution in [2.75, 3.05) is 12.5 Å². The number of hydrazone groups is 1. The second kappa shape index (κ2) is 6.88. The second-order valence-electron chi connectivity index (χ2n) is 7.10. The molecule has 0 saturated heterocycles. The Balaban J connectivity index is 1.75. The first-order valence-corrected chi connectivity index (χ1v) is 8.94. The number of methoxy groups -OCH3 is 1. The minimum atomic E-state index is -0.442. The number of hydrogen-bond acceptors (Lipinski definition) is 6. The third-order valence-electron chi connectivity index (χ3n) is 5.01. The van der Waals surface area contributed by atoms with Crippen LogP contribution < -0.4 is 10.2 Å². The van der Waals surface area contributed by atoms with Crippen LogP contribution in [0.3, 0.4) is 0 Å². The zero-order valence-corrected chi connectivity index (χ0v) is 15.9. The molecule has 0 amide bonds. The highest BCUT2D eigenvalue weighted by atomic mass is 16.5. The molecule has 1 N–H and O–H groups in total. The lowest BCUT2D eigenvalue weighted by Gasteiger charge is -2.21. The average molecular weight is 372 g/mol. The molecule has 6 heteroatoms. The van der Waals surface area contributed by atoms with Crippen molar-refractivity contribution in [3.8, 4) is 5.75 Å². The molecule has 4 rings (SSSR count). The summed E-state index contributed by atoms with van der Waals surface area (Å²) < 4.78 is 5.22. The summed E-state index contributed by atoms with van der Waals surface area (Å²) in [4.78, 5) is 20.8. The van der Waals surface area contributed by atoms with Crippen LogP contribution in [0, 0.1) is 0 Å². The SMILES string of the molecule is COc1cccc(N/N=C(\C=O)C2=Nc3c(ccc4cnccc34)C2(C)C)c1. The lowest BCUT2D eigenvalue weighted by molar-refractivity contribution is -0.102. The van der Waals surface area contributed by atoms with Crippen LogP contribution in [-0.2, 0) is 10.2 Å². The quantitative estimate of drug-likeness (QED) is 0.412. The van der Waals surface area contributed by atoms with E-state index in [9.17, 15) is 4.79 Å². The van der Waals surface area contributed by atoms with E-state index in [1.54, 1.807) is 13.3 Å². The number of ether oxygens (including phenoxy) is 1. The number of aliphatic imine (C=N–C) groups is 1. The van der Waals surface area contributed by atoms with E-state index < -0.39 is 5.41 Å². The molecule has 0 bridgehead atoms. The number of carbonyl (C=O) groups is 1. The molecule has 28 heavy (non-hydrogen) atoms. The largest absolute Gasteiger partial charge is 0.497 e. The van der Waals surface area contributed by atoms with Gasteiger partial charge in [-0.2, -0.15) is 5.10 Å². The van der Waals surface area contributed by atoms with Gasteiger partial charge >= 0.3 is 0 Å². The van der Waals surface area contributed by atoms with Gasteiger partial charge in [0.25, 0.3) is 0 Å². The van der Waals surface area contributed by atoms with Crippen molar-refractivity contribution in [1.29, 1.82) is 0 Å². The number of nitrogens with one attached hydrogen (secondary N) is 1. The van der Waals surface area contributed by atoms with E-state index in [0.717, 1.165) is 34.0 Å². The standard InChI is InChI=1S/C22H20N4O2/c1-22(2)18-8-7-14-12-23-10-9-17(14)20(18)24-21(22)19(13-27)26-25-15-5-4-6-16(11-15)28-3/h4-13,25H,1-3H3/b26-19+. The molecule has 1 aliphatic rings. The molecule has 1 aliphatic heterocycles. The molecule has 0 unspecified atom stereocenters. The predicted molar refractivity (Wildman–Crippen MR) is 112 cm³/mol. The van der Waals surface area contributed by atoms with Gasteiger partial charge in [0.15, 0.2) is 6.29 Å². The fraction of sp³-hybridized carbons (Fsp3) is 0.182. The first kappa shape index (κ1) is 17.9. The van der Waals surface area contributed by atoms with Crippen LogP contribution in [-0.4, -0.2) is 29.8 Å². The van der Waals surface area contributed by atoms with Crippen LogP contribution in [0.15, 0.2) is 65.0 Å². The molecule has 2 aromatic carbocycles. The maximum atomic E-state index is 11.9. The summed E-state index contributed by atoms with van der Waals surface area (Å²) in [7, 11) is 1.60. The molecule has 0 fully saturated rings. The summed E-state index contributed by atoms with van der Waals surface area (Å²) in [5.41, 5.74) is 6.06. The summed E-state index contributed by atoms with van der Waals surface area (Å²) in [6, 6.07) is 13.4. The van der Waals surface area contributed by atoms with Crippen molar-refractivity contribution in [1.82, 2.24) is 4.98 Å². The maximum Gasteiger partial charge on any atom is 0.172 e. The summed E-state index contributed by atoms with van der Waals surface area (Å²) in [6.45, 7) is 4.10. The normalized spacial score (nSPS) is 15.1. The predicted octanol–water partition coefficient (Wildman–Crippen LogP) is 4.27. The molecule has 0 aliphatic carbocycles. The van der Waals surface area contributed by atoms with Gasteiger partial charge in [-0.15, -0.1) is 0 Å². The van der Waals surface area contributed by atoms with Gasteiger partial charge in [0.1, 0.15) is 11.5 Å². The number of aromatic nitrogens is 1. The van der Waals surface area contributed by atoms with Gasteiger partial charge in [-0.25, -0.2) is 4.99 Å². The number of anilines is 1. The van der Waals surface area contributed by atoms with Gasteiger partial charge in [-0.1, -0.05) is 18.2 Å². The molecule has 3 aromatic rings. The zero-order chi connectivity index (χ0) is 19.7. The molecule has 0 radical (unpaired) electrons. The monoisotopic (exact) mass is 372 g/mol. The summed E-state index contributed by atoms with van der Waals surface area (Å²) in [5, 5.41) is 6.36. The van der Waals surface area contributed by atoms with Crippen molar-refractivity contribution in [2.45, 2.75) is 19.3 Å². The zero-order valence-electron chi connectivity index (χ0n) is 15.9. The molecule has 2 heterocycles. The van der Waals surface area contributed by atoms with Crippen molar-refractivity contribution in [3.05, 3.63) is 60.4 Å². The van der Waals surface area contributed by atoms with Gasteiger partial charge in [0.2, 0.25) is 0 Å². The van der Waals surface area contributed by atoms with Crippen molar-refractivity contribution in [2.24, 2.45) is 10.1 Å². The maximum absolute atomic E-state index is 11.9. The van der Waals surface area contributed by atoms with Crippen LogP contribution in [0.25, 0.3) is 10.8 Å². The number of benzene rings is 2. The Morgan fingerprint density at radius 3 is 2.86 bits per heavy atom. The Morgan fingerprint density at radius 1 is 1.21 bits per heavy atom. The van der Waals surface area contributed by atoms with E-state index in [-0.39, 0.29) is 5.71 Å². The van der Waals surface area contributed by atoms with Crippen molar-refractivity contribution >= 4 is 39.9 Å². The average Bonchev–Trinajstić information content (AvgIpc) is 3.00.